The van der Waals surface area contributed by atoms with E-state index in [1.165, 1.54) is 58.0 Å². The minimum absolute atomic E-state index is 0.734. The van der Waals surface area contributed by atoms with Crippen LogP contribution in [0.2, 0.25) is 0 Å². The first-order valence-electron chi connectivity index (χ1n) is 7.21. The van der Waals surface area contributed by atoms with Gasteiger partial charge in [-0.1, -0.05) is 19.3 Å². The molecule has 0 bridgehead atoms. The Morgan fingerprint density at radius 1 is 1.12 bits per heavy atom. The molecule has 0 aromatic heterocycles. The second-order valence-corrected chi connectivity index (χ2v) is 5.87. The van der Waals surface area contributed by atoms with Gasteiger partial charge in [-0.25, -0.2) is 0 Å². The summed E-state index contributed by atoms with van der Waals surface area (Å²) < 4.78 is 0. The van der Waals surface area contributed by atoms with Crippen molar-refractivity contribution in [3.8, 4) is 0 Å². The molecule has 2 rings (SSSR count). The Balaban J connectivity index is 1.69. The van der Waals surface area contributed by atoms with Gasteiger partial charge in [-0.15, -0.1) is 0 Å². The number of hydrogen-bond donors (Lipinski definition) is 1. The average Bonchev–Trinajstić information content (AvgIpc) is 2.81. The zero-order valence-corrected chi connectivity index (χ0v) is 11.0. The van der Waals surface area contributed by atoms with E-state index < -0.39 is 0 Å². The summed E-state index contributed by atoms with van der Waals surface area (Å²) in [7, 11) is 2.28. The zero-order chi connectivity index (χ0) is 11.4. The van der Waals surface area contributed by atoms with Crippen molar-refractivity contribution in [3.05, 3.63) is 0 Å². The van der Waals surface area contributed by atoms with Crippen molar-refractivity contribution in [2.45, 2.75) is 64.0 Å². The SMILES string of the molecule is CC(NCC1CCCCN1C)C1CCCC1. The van der Waals surface area contributed by atoms with Gasteiger partial charge < -0.3 is 10.2 Å². The van der Waals surface area contributed by atoms with Gasteiger partial charge in [0.25, 0.3) is 0 Å². The Bertz CT molecular complexity index is 199. The predicted molar refractivity (Wildman–Crippen MR) is 69.7 cm³/mol. The smallest absolute Gasteiger partial charge is 0.0217 e. The highest BCUT2D eigenvalue weighted by atomic mass is 15.2. The van der Waals surface area contributed by atoms with E-state index in [0.29, 0.717) is 0 Å². The van der Waals surface area contributed by atoms with Crippen LogP contribution in [0.3, 0.4) is 0 Å². The molecule has 1 aliphatic heterocycles. The van der Waals surface area contributed by atoms with Crippen LogP contribution in [0.5, 0.6) is 0 Å². The molecule has 0 aromatic carbocycles. The van der Waals surface area contributed by atoms with Crippen molar-refractivity contribution in [2.24, 2.45) is 5.92 Å². The summed E-state index contributed by atoms with van der Waals surface area (Å²) in [5.74, 6) is 0.953. The minimum atomic E-state index is 0.734. The second-order valence-electron chi connectivity index (χ2n) is 5.87. The fourth-order valence-corrected chi connectivity index (χ4v) is 3.35. The molecule has 94 valence electrons. The third kappa shape index (κ3) is 3.21. The van der Waals surface area contributed by atoms with Crippen LogP contribution in [-0.4, -0.2) is 37.1 Å². The first-order valence-corrected chi connectivity index (χ1v) is 7.21. The molecule has 2 aliphatic rings. The molecule has 0 aromatic rings. The normalized spacial score (nSPS) is 30.8. The molecule has 2 atom stereocenters. The summed E-state index contributed by atoms with van der Waals surface area (Å²) >= 11 is 0. The van der Waals surface area contributed by atoms with Gasteiger partial charge in [0.2, 0.25) is 0 Å². The molecule has 2 unspecified atom stereocenters. The lowest BCUT2D eigenvalue weighted by Crippen LogP contribution is -2.46. The Morgan fingerprint density at radius 2 is 1.81 bits per heavy atom. The van der Waals surface area contributed by atoms with Crippen LogP contribution in [0.25, 0.3) is 0 Å². The van der Waals surface area contributed by atoms with Crippen molar-refractivity contribution >= 4 is 0 Å². The van der Waals surface area contributed by atoms with Crippen molar-refractivity contribution < 1.29 is 0 Å². The number of hydrogen-bond acceptors (Lipinski definition) is 2. The highest BCUT2D eigenvalue weighted by Crippen LogP contribution is 2.27. The summed E-state index contributed by atoms with van der Waals surface area (Å²) in [6, 6.07) is 1.52. The maximum absolute atomic E-state index is 3.78. The molecule has 1 N–H and O–H groups in total. The van der Waals surface area contributed by atoms with Crippen LogP contribution in [0.1, 0.15) is 51.9 Å². The fraction of sp³-hybridized carbons (Fsp3) is 1.00. The molecule has 2 nitrogen and oxygen atoms in total. The van der Waals surface area contributed by atoms with E-state index in [0.717, 1.165) is 18.0 Å². The van der Waals surface area contributed by atoms with Crippen molar-refractivity contribution in [1.29, 1.82) is 0 Å². The third-order valence-corrected chi connectivity index (χ3v) is 4.70. The van der Waals surface area contributed by atoms with Crippen LogP contribution in [0, 0.1) is 5.92 Å². The lowest BCUT2D eigenvalue weighted by molar-refractivity contribution is 0.174. The Morgan fingerprint density at radius 3 is 2.50 bits per heavy atom. The summed E-state index contributed by atoms with van der Waals surface area (Å²) in [6.07, 6.45) is 10.0. The molecule has 0 spiro atoms. The largest absolute Gasteiger partial charge is 0.312 e. The summed E-state index contributed by atoms with van der Waals surface area (Å²) in [5.41, 5.74) is 0. The molecule has 1 aliphatic carbocycles. The summed E-state index contributed by atoms with van der Waals surface area (Å²) in [6.45, 7) is 4.89. The monoisotopic (exact) mass is 224 g/mol. The highest BCUT2D eigenvalue weighted by Gasteiger charge is 2.23. The Hall–Kier alpha value is -0.0800. The van der Waals surface area contributed by atoms with Gasteiger partial charge in [0.1, 0.15) is 0 Å². The predicted octanol–water partition coefficient (Wildman–Crippen LogP) is 2.64. The highest BCUT2D eigenvalue weighted by molar-refractivity contribution is 4.81. The molecule has 0 amide bonds. The van der Waals surface area contributed by atoms with Gasteiger partial charge in [-0.2, -0.15) is 0 Å². The third-order valence-electron chi connectivity index (χ3n) is 4.70. The molecule has 1 heterocycles. The lowest BCUT2D eigenvalue weighted by atomic mass is 9.98. The fourth-order valence-electron chi connectivity index (χ4n) is 3.35. The summed E-state index contributed by atoms with van der Waals surface area (Å²) in [4.78, 5) is 2.54. The van der Waals surface area contributed by atoms with Gasteiger partial charge in [-0.3, -0.25) is 0 Å². The van der Waals surface area contributed by atoms with Crippen molar-refractivity contribution in [2.75, 3.05) is 20.1 Å². The average molecular weight is 224 g/mol. The maximum Gasteiger partial charge on any atom is 0.0217 e. The molecular formula is C14H28N2. The van der Waals surface area contributed by atoms with E-state index in [4.69, 9.17) is 0 Å². The maximum atomic E-state index is 3.78. The van der Waals surface area contributed by atoms with Gasteiger partial charge in [0.05, 0.1) is 0 Å². The second kappa shape index (κ2) is 6.02. The van der Waals surface area contributed by atoms with E-state index in [-0.39, 0.29) is 0 Å². The quantitative estimate of drug-likeness (QED) is 0.790. The van der Waals surface area contributed by atoms with Gasteiger partial charge in [0.15, 0.2) is 0 Å². The van der Waals surface area contributed by atoms with Crippen LogP contribution >= 0.6 is 0 Å². The van der Waals surface area contributed by atoms with E-state index in [1.807, 2.05) is 0 Å². The van der Waals surface area contributed by atoms with Crippen LogP contribution in [0.15, 0.2) is 0 Å². The first kappa shape index (κ1) is 12.4. The Labute approximate surface area is 101 Å². The summed E-state index contributed by atoms with van der Waals surface area (Å²) in [5, 5.41) is 3.78. The van der Waals surface area contributed by atoms with Crippen LogP contribution in [0.4, 0.5) is 0 Å². The van der Waals surface area contributed by atoms with Crippen molar-refractivity contribution in [3.63, 3.8) is 0 Å². The topological polar surface area (TPSA) is 15.3 Å². The van der Waals surface area contributed by atoms with Crippen molar-refractivity contribution in [1.82, 2.24) is 10.2 Å². The molecular weight excluding hydrogens is 196 g/mol. The number of nitrogens with one attached hydrogen (secondary N) is 1. The van der Waals surface area contributed by atoms with Gasteiger partial charge in [0, 0.05) is 18.6 Å². The molecule has 2 fully saturated rings. The number of likely N-dealkylation sites (tertiary alicyclic amines) is 1. The zero-order valence-electron chi connectivity index (χ0n) is 11.0. The van der Waals surface area contributed by atoms with E-state index in [1.54, 1.807) is 0 Å². The van der Waals surface area contributed by atoms with E-state index >= 15 is 0 Å². The van der Waals surface area contributed by atoms with Gasteiger partial charge >= 0.3 is 0 Å². The minimum Gasteiger partial charge on any atom is -0.312 e. The molecule has 16 heavy (non-hydrogen) atoms. The first-order chi connectivity index (χ1) is 7.77. The van der Waals surface area contributed by atoms with Crippen LogP contribution in [-0.2, 0) is 0 Å². The van der Waals surface area contributed by atoms with E-state index in [2.05, 4.69) is 24.2 Å². The number of nitrogens with zero attached hydrogens (tertiary/aromatic N) is 1. The number of piperidine rings is 1. The molecule has 0 radical (unpaired) electrons. The lowest BCUT2D eigenvalue weighted by Gasteiger charge is -2.34. The number of rotatable bonds is 4. The van der Waals surface area contributed by atoms with Crippen LogP contribution < -0.4 is 5.32 Å². The van der Waals surface area contributed by atoms with Gasteiger partial charge in [-0.05, 0) is 52.1 Å². The molecule has 1 saturated carbocycles. The number of likely N-dealkylation sites (N-methyl/N-ethyl adjacent to an activating group) is 1. The molecule has 2 heteroatoms. The van der Waals surface area contributed by atoms with E-state index in [9.17, 15) is 0 Å². The standard InChI is InChI=1S/C14H28N2/c1-12(13-7-3-4-8-13)15-11-14-9-5-6-10-16(14)2/h12-15H,3-11H2,1-2H3. The molecule has 1 saturated heterocycles. The Kier molecular flexibility index (Phi) is 4.66.